The molecular weight excluding hydrogens is 310 g/mol. The van der Waals surface area contributed by atoms with E-state index in [1.165, 1.54) is 21.2 Å². The highest BCUT2D eigenvalue weighted by Gasteiger charge is 2.26. The van der Waals surface area contributed by atoms with E-state index in [0.717, 1.165) is 24.3 Å². The van der Waals surface area contributed by atoms with Crippen LogP contribution in [0.25, 0.3) is 0 Å². The number of amides is 1. The van der Waals surface area contributed by atoms with E-state index in [2.05, 4.69) is 4.98 Å². The van der Waals surface area contributed by atoms with Gasteiger partial charge in [-0.25, -0.2) is 4.98 Å². The summed E-state index contributed by atoms with van der Waals surface area (Å²) in [6.45, 7) is 2.79. The Morgan fingerprint density at radius 3 is 3.09 bits per heavy atom. The van der Waals surface area contributed by atoms with Crippen molar-refractivity contribution < 1.29 is 4.79 Å². The van der Waals surface area contributed by atoms with Gasteiger partial charge in [-0.15, -0.1) is 11.3 Å². The molecule has 122 valence electrons. The molecule has 0 saturated carbocycles. The molecule has 23 heavy (non-hydrogen) atoms. The maximum atomic E-state index is 12.4. The van der Waals surface area contributed by atoms with Crippen LogP contribution >= 0.6 is 11.3 Å². The van der Waals surface area contributed by atoms with Gasteiger partial charge in [0.2, 0.25) is 5.91 Å². The molecule has 0 fully saturated rings. The van der Waals surface area contributed by atoms with Gasteiger partial charge in [-0.05, 0) is 32.3 Å². The molecule has 1 atom stereocenters. The molecule has 2 aromatic heterocycles. The molecule has 5 nitrogen and oxygen atoms in total. The van der Waals surface area contributed by atoms with E-state index in [4.69, 9.17) is 0 Å². The van der Waals surface area contributed by atoms with Crippen LogP contribution in [-0.4, -0.2) is 34.0 Å². The predicted molar refractivity (Wildman–Crippen MR) is 90.9 cm³/mol. The number of thiazole rings is 1. The summed E-state index contributed by atoms with van der Waals surface area (Å²) in [5, 5.41) is 1.10. The standard InChI is InChI=1S/C17H21N3O2S/c1-12-18-17-13(6-5-7-14(17)23-12)10-19(2)16(22)11-20-9-4-3-8-15(20)21/h3-4,8-9,13H,5-7,10-11H2,1-2H3/t13-/m1/s1. The summed E-state index contributed by atoms with van der Waals surface area (Å²) in [5.74, 6) is 0.266. The highest BCUT2D eigenvalue weighted by molar-refractivity contribution is 7.11. The Balaban J connectivity index is 1.67. The minimum atomic E-state index is -0.149. The Morgan fingerprint density at radius 2 is 2.30 bits per heavy atom. The lowest BCUT2D eigenvalue weighted by atomic mass is 9.90. The first-order valence-corrected chi connectivity index (χ1v) is 8.72. The molecule has 2 heterocycles. The molecule has 1 aliphatic carbocycles. The van der Waals surface area contributed by atoms with Crippen LogP contribution in [0.5, 0.6) is 0 Å². The van der Waals surface area contributed by atoms with E-state index in [0.29, 0.717) is 12.5 Å². The van der Waals surface area contributed by atoms with Crippen LogP contribution in [0.1, 0.15) is 34.3 Å². The number of aromatic nitrogens is 2. The first kappa shape index (κ1) is 15.9. The largest absolute Gasteiger partial charge is 0.344 e. The Hall–Kier alpha value is -1.95. The summed E-state index contributed by atoms with van der Waals surface area (Å²) in [7, 11) is 1.81. The van der Waals surface area contributed by atoms with Crippen LogP contribution in [-0.2, 0) is 17.8 Å². The van der Waals surface area contributed by atoms with Gasteiger partial charge in [0, 0.05) is 36.7 Å². The zero-order chi connectivity index (χ0) is 16.4. The van der Waals surface area contributed by atoms with E-state index < -0.39 is 0 Å². The van der Waals surface area contributed by atoms with Crippen molar-refractivity contribution in [1.82, 2.24) is 14.5 Å². The number of hydrogen-bond acceptors (Lipinski definition) is 4. The van der Waals surface area contributed by atoms with E-state index in [1.807, 2.05) is 14.0 Å². The number of pyridine rings is 1. The van der Waals surface area contributed by atoms with Gasteiger partial charge in [0.25, 0.3) is 5.56 Å². The zero-order valence-electron chi connectivity index (χ0n) is 13.5. The number of fused-ring (bicyclic) bond motifs is 1. The maximum Gasteiger partial charge on any atom is 0.250 e. The lowest BCUT2D eigenvalue weighted by molar-refractivity contribution is -0.130. The molecule has 0 aromatic carbocycles. The minimum Gasteiger partial charge on any atom is -0.344 e. The number of carbonyl (C=O) groups is 1. The van der Waals surface area contributed by atoms with Gasteiger partial charge in [-0.1, -0.05) is 6.07 Å². The summed E-state index contributed by atoms with van der Waals surface area (Å²) in [6, 6.07) is 4.92. The van der Waals surface area contributed by atoms with Crippen molar-refractivity contribution in [2.75, 3.05) is 13.6 Å². The fourth-order valence-electron chi connectivity index (χ4n) is 3.10. The van der Waals surface area contributed by atoms with Crippen molar-refractivity contribution in [3.8, 4) is 0 Å². The molecule has 0 bridgehead atoms. The summed E-state index contributed by atoms with van der Waals surface area (Å²) in [4.78, 5) is 31.9. The average Bonchev–Trinajstić information content (AvgIpc) is 2.91. The molecule has 0 saturated heterocycles. The zero-order valence-corrected chi connectivity index (χ0v) is 14.3. The molecule has 1 amide bonds. The van der Waals surface area contributed by atoms with Crippen molar-refractivity contribution in [3.05, 3.63) is 50.3 Å². The highest BCUT2D eigenvalue weighted by atomic mass is 32.1. The number of likely N-dealkylation sites (N-methyl/N-ethyl adjacent to an activating group) is 1. The van der Waals surface area contributed by atoms with E-state index >= 15 is 0 Å². The third-order valence-corrected chi connectivity index (χ3v) is 5.35. The fourth-order valence-corrected chi connectivity index (χ4v) is 4.16. The fraction of sp³-hybridized carbons (Fsp3) is 0.471. The van der Waals surface area contributed by atoms with Crippen molar-refractivity contribution in [2.45, 2.75) is 38.6 Å². The minimum absolute atomic E-state index is 0.0441. The second-order valence-electron chi connectivity index (χ2n) is 6.07. The molecule has 0 radical (unpaired) electrons. The molecule has 3 rings (SSSR count). The molecule has 0 unspecified atom stereocenters. The van der Waals surface area contributed by atoms with Gasteiger partial charge in [-0.3, -0.25) is 9.59 Å². The van der Waals surface area contributed by atoms with Crippen LogP contribution in [0.3, 0.4) is 0 Å². The Kier molecular flexibility index (Phi) is 4.61. The van der Waals surface area contributed by atoms with Gasteiger partial charge in [0.15, 0.2) is 0 Å². The van der Waals surface area contributed by atoms with Crippen LogP contribution in [0.15, 0.2) is 29.2 Å². The first-order chi connectivity index (χ1) is 11.0. The van der Waals surface area contributed by atoms with Gasteiger partial charge in [0.05, 0.1) is 10.7 Å². The molecule has 0 N–H and O–H groups in total. The molecule has 0 spiro atoms. The lowest BCUT2D eigenvalue weighted by Gasteiger charge is -2.26. The summed E-state index contributed by atoms with van der Waals surface area (Å²) < 4.78 is 1.44. The normalized spacial score (nSPS) is 16.9. The summed E-state index contributed by atoms with van der Waals surface area (Å²) >= 11 is 1.77. The second kappa shape index (κ2) is 6.66. The van der Waals surface area contributed by atoms with Crippen LogP contribution in [0, 0.1) is 6.92 Å². The Bertz CT molecular complexity index is 765. The van der Waals surface area contributed by atoms with E-state index in [-0.39, 0.29) is 18.0 Å². The average molecular weight is 331 g/mol. The third-order valence-electron chi connectivity index (χ3n) is 4.30. The van der Waals surface area contributed by atoms with Crippen LogP contribution in [0.4, 0.5) is 0 Å². The number of nitrogens with zero attached hydrogens (tertiary/aromatic N) is 3. The third kappa shape index (κ3) is 3.52. The summed E-state index contributed by atoms with van der Waals surface area (Å²) in [6.07, 6.45) is 4.98. The smallest absolute Gasteiger partial charge is 0.250 e. The van der Waals surface area contributed by atoms with Crippen LogP contribution in [0.2, 0.25) is 0 Å². The van der Waals surface area contributed by atoms with Crippen molar-refractivity contribution in [3.63, 3.8) is 0 Å². The molecular formula is C17H21N3O2S. The number of aryl methyl sites for hydroxylation is 2. The van der Waals surface area contributed by atoms with Crippen LogP contribution < -0.4 is 5.56 Å². The number of hydrogen-bond donors (Lipinski definition) is 0. The molecule has 6 heteroatoms. The topological polar surface area (TPSA) is 55.2 Å². The Labute approximate surface area is 139 Å². The second-order valence-corrected chi connectivity index (χ2v) is 7.36. The predicted octanol–water partition coefficient (Wildman–Crippen LogP) is 2.19. The summed E-state index contributed by atoms with van der Waals surface area (Å²) in [5.41, 5.74) is 1.03. The van der Waals surface area contributed by atoms with Gasteiger partial charge in [0.1, 0.15) is 6.54 Å². The molecule has 0 aliphatic heterocycles. The lowest BCUT2D eigenvalue weighted by Crippen LogP contribution is -2.36. The van der Waals surface area contributed by atoms with Crippen molar-refractivity contribution >= 4 is 17.2 Å². The van der Waals surface area contributed by atoms with Gasteiger partial charge < -0.3 is 9.47 Å². The van der Waals surface area contributed by atoms with Gasteiger partial charge in [-0.2, -0.15) is 0 Å². The molecule has 2 aromatic rings. The van der Waals surface area contributed by atoms with Crippen molar-refractivity contribution in [2.24, 2.45) is 0 Å². The number of rotatable bonds is 4. The quantitative estimate of drug-likeness (QED) is 0.863. The maximum absolute atomic E-state index is 12.4. The van der Waals surface area contributed by atoms with Gasteiger partial charge >= 0.3 is 0 Å². The molecule has 1 aliphatic rings. The number of carbonyl (C=O) groups excluding carboxylic acids is 1. The van der Waals surface area contributed by atoms with E-state index in [9.17, 15) is 9.59 Å². The highest BCUT2D eigenvalue weighted by Crippen LogP contribution is 2.34. The Morgan fingerprint density at radius 1 is 1.48 bits per heavy atom. The SMILES string of the molecule is Cc1nc2c(s1)CCC[C@@H]2CN(C)C(=O)Cn1ccccc1=O. The monoisotopic (exact) mass is 331 g/mol. The van der Waals surface area contributed by atoms with E-state index in [1.54, 1.807) is 34.6 Å². The first-order valence-electron chi connectivity index (χ1n) is 7.90. The van der Waals surface area contributed by atoms with Crippen molar-refractivity contribution in [1.29, 1.82) is 0 Å².